The Bertz CT molecular complexity index is 2010. The first kappa shape index (κ1) is 24.8. The molecule has 2 heterocycles. The quantitative estimate of drug-likeness (QED) is 0.217. The molecule has 2 nitrogen and oxygen atoms in total. The molecule has 0 saturated heterocycles. The summed E-state index contributed by atoms with van der Waals surface area (Å²) in [6, 6.07) is 56.0. The van der Waals surface area contributed by atoms with Gasteiger partial charge in [0.1, 0.15) is 0 Å². The van der Waals surface area contributed by atoms with Gasteiger partial charge in [-0.1, -0.05) is 157 Å². The molecule has 7 aromatic rings. The van der Waals surface area contributed by atoms with E-state index in [9.17, 15) is 0 Å². The largest absolute Gasteiger partial charge is 0.228 e. The van der Waals surface area contributed by atoms with Crippen LogP contribution in [0.4, 0.5) is 0 Å². The zero-order valence-electron chi connectivity index (χ0n) is 22.8. The molecule has 1 aliphatic rings. The number of benzene rings is 6. The molecule has 0 atom stereocenters. The average Bonchev–Trinajstić information content (AvgIpc) is 3.07. The van der Waals surface area contributed by atoms with Gasteiger partial charge in [-0.15, -0.1) is 0 Å². The van der Waals surface area contributed by atoms with Gasteiger partial charge in [0, 0.05) is 26.3 Å². The Balaban J connectivity index is 1.46. The molecular weight excluding hydrogens is 529 g/mol. The third-order valence-corrected chi connectivity index (χ3v) is 9.45. The van der Waals surface area contributed by atoms with Crippen molar-refractivity contribution in [3.63, 3.8) is 0 Å². The number of para-hydroxylation sites is 1. The van der Waals surface area contributed by atoms with Crippen molar-refractivity contribution in [3.8, 4) is 22.6 Å². The summed E-state index contributed by atoms with van der Waals surface area (Å²) in [6.07, 6.45) is 0. The van der Waals surface area contributed by atoms with Gasteiger partial charge in [0.25, 0.3) is 0 Å². The maximum absolute atomic E-state index is 5.27. The van der Waals surface area contributed by atoms with Crippen molar-refractivity contribution < 1.29 is 0 Å². The first-order valence-corrected chi connectivity index (χ1v) is 15.0. The number of nitrogens with zero attached hydrogens (tertiary/aromatic N) is 2. The highest BCUT2D eigenvalue weighted by Gasteiger charge is 2.44. The van der Waals surface area contributed by atoms with E-state index in [2.05, 4.69) is 152 Å². The summed E-state index contributed by atoms with van der Waals surface area (Å²) < 4.78 is 0. The Morgan fingerprint density at radius 1 is 0.476 bits per heavy atom. The number of fused-ring (bicyclic) bond motifs is 3. The van der Waals surface area contributed by atoms with E-state index >= 15 is 0 Å². The second kappa shape index (κ2) is 10.1. The van der Waals surface area contributed by atoms with E-state index in [4.69, 9.17) is 9.97 Å². The minimum atomic E-state index is -0.491. The van der Waals surface area contributed by atoms with Gasteiger partial charge in [-0.25, -0.2) is 9.97 Å². The van der Waals surface area contributed by atoms with E-state index in [0.717, 1.165) is 33.5 Å². The standard InChI is InChI=1S/C39H26N2S/c1-4-15-27(16-5-1)36-30-21-10-12-25-34(30)40-38(41-36)31-22-14-24-33-37(31)42-35-26-13-11-23-32(35)39(33,28-17-6-2-7-18-28)29-19-8-3-9-20-29/h1-26H. The van der Waals surface area contributed by atoms with Gasteiger partial charge in [0.2, 0.25) is 0 Å². The van der Waals surface area contributed by atoms with Crippen molar-refractivity contribution in [2.24, 2.45) is 0 Å². The van der Waals surface area contributed by atoms with E-state index in [1.807, 2.05) is 17.8 Å². The molecule has 8 rings (SSSR count). The second-order valence-corrected chi connectivity index (χ2v) is 11.6. The molecular formula is C39H26N2S. The second-order valence-electron chi connectivity index (χ2n) is 10.5. The summed E-state index contributed by atoms with van der Waals surface area (Å²) in [5.41, 5.74) is 8.56. The topological polar surface area (TPSA) is 25.8 Å². The van der Waals surface area contributed by atoms with Gasteiger partial charge < -0.3 is 0 Å². The van der Waals surface area contributed by atoms with Crippen LogP contribution in [0, 0.1) is 0 Å². The Labute approximate surface area is 249 Å². The summed E-state index contributed by atoms with van der Waals surface area (Å²) in [5, 5.41) is 1.05. The third kappa shape index (κ3) is 3.82. The van der Waals surface area contributed by atoms with Gasteiger partial charge >= 0.3 is 0 Å². The van der Waals surface area contributed by atoms with Gasteiger partial charge in [0.15, 0.2) is 5.82 Å². The Morgan fingerprint density at radius 3 is 1.81 bits per heavy atom. The fraction of sp³-hybridized carbons (Fsp3) is 0.0256. The summed E-state index contributed by atoms with van der Waals surface area (Å²) in [7, 11) is 0. The summed E-state index contributed by atoms with van der Waals surface area (Å²) in [4.78, 5) is 12.9. The number of rotatable bonds is 4. The van der Waals surface area contributed by atoms with Crippen LogP contribution in [-0.4, -0.2) is 9.97 Å². The molecule has 0 fully saturated rings. The molecule has 3 heteroatoms. The maximum Gasteiger partial charge on any atom is 0.161 e. The van der Waals surface area contributed by atoms with Gasteiger partial charge in [0.05, 0.1) is 16.6 Å². The molecule has 0 aliphatic carbocycles. The molecule has 0 N–H and O–H groups in total. The highest BCUT2D eigenvalue weighted by atomic mass is 32.2. The molecule has 1 aliphatic heterocycles. The van der Waals surface area contributed by atoms with Gasteiger partial charge in [-0.2, -0.15) is 0 Å². The molecule has 198 valence electrons. The number of aromatic nitrogens is 2. The zero-order chi connectivity index (χ0) is 27.9. The van der Waals surface area contributed by atoms with Crippen molar-refractivity contribution in [1.29, 1.82) is 0 Å². The minimum absolute atomic E-state index is 0.491. The molecule has 0 spiro atoms. The lowest BCUT2D eigenvalue weighted by Gasteiger charge is -2.42. The predicted molar refractivity (Wildman–Crippen MR) is 173 cm³/mol. The molecule has 0 unspecified atom stereocenters. The third-order valence-electron chi connectivity index (χ3n) is 8.23. The Hall–Kier alpha value is -4.99. The van der Waals surface area contributed by atoms with Gasteiger partial charge in [-0.3, -0.25) is 0 Å². The highest BCUT2D eigenvalue weighted by molar-refractivity contribution is 7.99. The monoisotopic (exact) mass is 554 g/mol. The van der Waals surface area contributed by atoms with Crippen LogP contribution in [0.15, 0.2) is 168 Å². The van der Waals surface area contributed by atoms with Crippen LogP contribution < -0.4 is 0 Å². The molecule has 0 saturated carbocycles. The lowest BCUT2D eigenvalue weighted by atomic mass is 9.64. The number of hydrogen-bond donors (Lipinski definition) is 0. The van der Waals surface area contributed by atoms with E-state index in [1.54, 1.807) is 0 Å². The molecule has 0 radical (unpaired) electrons. The van der Waals surface area contributed by atoms with Crippen LogP contribution in [0.1, 0.15) is 22.3 Å². The van der Waals surface area contributed by atoms with Crippen LogP contribution in [0.5, 0.6) is 0 Å². The molecule has 0 amide bonds. The van der Waals surface area contributed by atoms with Crippen molar-refractivity contribution in [1.82, 2.24) is 9.97 Å². The van der Waals surface area contributed by atoms with E-state index in [1.165, 1.54) is 32.0 Å². The fourth-order valence-corrected chi connectivity index (χ4v) is 7.71. The molecule has 1 aromatic heterocycles. The van der Waals surface area contributed by atoms with Crippen LogP contribution >= 0.6 is 11.8 Å². The lowest BCUT2D eigenvalue weighted by molar-refractivity contribution is 0.703. The van der Waals surface area contributed by atoms with Crippen LogP contribution in [0.3, 0.4) is 0 Å². The minimum Gasteiger partial charge on any atom is -0.228 e. The summed E-state index contributed by atoms with van der Waals surface area (Å²) >= 11 is 1.82. The van der Waals surface area contributed by atoms with Crippen molar-refractivity contribution in [2.45, 2.75) is 15.2 Å². The summed E-state index contributed by atoms with van der Waals surface area (Å²) in [6.45, 7) is 0. The first-order valence-electron chi connectivity index (χ1n) is 14.2. The first-order chi connectivity index (χ1) is 20.8. The highest BCUT2D eigenvalue weighted by Crippen LogP contribution is 2.57. The maximum atomic E-state index is 5.27. The predicted octanol–water partition coefficient (Wildman–Crippen LogP) is 9.81. The van der Waals surface area contributed by atoms with Gasteiger partial charge in [-0.05, 0) is 34.4 Å². The fourth-order valence-electron chi connectivity index (χ4n) is 6.42. The van der Waals surface area contributed by atoms with E-state index in [-0.39, 0.29) is 0 Å². The SMILES string of the molecule is c1ccc(-c2nc(-c3cccc4c3Sc3ccccc3C4(c3ccccc3)c3ccccc3)nc3ccccc23)cc1. The van der Waals surface area contributed by atoms with Crippen molar-refractivity contribution in [3.05, 3.63) is 180 Å². The van der Waals surface area contributed by atoms with Crippen LogP contribution in [0.2, 0.25) is 0 Å². The smallest absolute Gasteiger partial charge is 0.161 e. The van der Waals surface area contributed by atoms with Crippen molar-refractivity contribution >= 4 is 22.7 Å². The molecule has 6 aromatic carbocycles. The van der Waals surface area contributed by atoms with E-state index in [0.29, 0.717) is 0 Å². The lowest BCUT2D eigenvalue weighted by Crippen LogP contribution is -2.34. The van der Waals surface area contributed by atoms with Crippen molar-refractivity contribution in [2.75, 3.05) is 0 Å². The Morgan fingerprint density at radius 2 is 1.07 bits per heavy atom. The zero-order valence-corrected chi connectivity index (χ0v) is 23.6. The average molecular weight is 555 g/mol. The van der Waals surface area contributed by atoms with Crippen LogP contribution in [0.25, 0.3) is 33.5 Å². The van der Waals surface area contributed by atoms with Crippen LogP contribution in [-0.2, 0) is 5.41 Å². The summed E-state index contributed by atoms with van der Waals surface area (Å²) in [5.74, 6) is 0.742. The normalized spacial score (nSPS) is 13.3. The number of hydrogen-bond acceptors (Lipinski definition) is 3. The Kier molecular flexibility index (Phi) is 5.98. The molecule has 42 heavy (non-hydrogen) atoms. The molecule has 0 bridgehead atoms. The van der Waals surface area contributed by atoms with E-state index < -0.39 is 5.41 Å².